The fourth-order valence-electron chi connectivity index (χ4n) is 3.52. The van der Waals surface area contributed by atoms with Crippen molar-refractivity contribution in [2.75, 3.05) is 23.7 Å². The molecule has 3 aromatic rings. The molecular formula is C26H27F3N4O8S2. The number of carboxylic acid groups (broad SMARTS) is 1. The van der Waals surface area contributed by atoms with E-state index in [0.29, 0.717) is 22.3 Å². The molecule has 0 fully saturated rings. The van der Waals surface area contributed by atoms with Crippen LogP contribution >= 0.6 is 0 Å². The van der Waals surface area contributed by atoms with E-state index < -0.39 is 44.7 Å². The summed E-state index contributed by atoms with van der Waals surface area (Å²) in [5.41, 5.74) is 7.76. The number of nitrogen functional groups attached to an aromatic ring is 1. The molecule has 0 spiro atoms. The zero-order valence-electron chi connectivity index (χ0n) is 22.4. The van der Waals surface area contributed by atoms with Gasteiger partial charge in [-0.15, -0.1) is 0 Å². The lowest BCUT2D eigenvalue weighted by Gasteiger charge is -2.24. The van der Waals surface area contributed by atoms with Gasteiger partial charge in [-0.2, -0.15) is 13.2 Å². The van der Waals surface area contributed by atoms with Gasteiger partial charge in [0.15, 0.2) is 0 Å². The Morgan fingerprint density at radius 3 is 2.07 bits per heavy atom. The van der Waals surface area contributed by atoms with Gasteiger partial charge in [0.05, 0.1) is 23.4 Å². The Morgan fingerprint density at radius 1 is 0.977 bits per heavy atom. The summed E-state index contributed by atoms with van der Waals surface area (Å²) in [4.78, 5) is 20.8. The zero-order valence-corrected chi connectivity index (χ0v) is 24.0. The first-order valence-electron chi connectivity index (χ1n) is 11.9. The number of alkyl halides is 3. The lowest BCUT2D eigenvalue weighted by Crippen LogP contribution is -2.38. The highest BCUT2D eigenvalue weighted by Crippen LogP contribution is 2.27. The number of anilines is 1. The summed E-state index contributed by atoms with van der Waals surface area (Å²) in [5.74, 6) is -4.06. The molecule has 0 aliphatic heterocycles. The van der Waals surface area contributed by atoms with E-state index in [9.17, 15) is 34.8 Å². The van der Waals surface area contributed by atoms with Gasteiger partial charge < -0.3 is 15.6 Å². The maximum atomic E-state index is 13.2. The van der Waals surface area contributed by atoms with Crippen molar-refractivity contribution in [3.8, 4) is 11.1 Å². The summed E-state index contributed by atoms with van der Waals surface area (Å²) in [5, 5.41) is 20.0. The van der Waals surface area contributed by atoms with E-state index in [1.54, 1.807) is 54.6 Å². The number of nitrogens with two attached hydrogens (primary N) is 2. The fraction of sp³-hybridized carbons (Fsp3) is 0.192. The molecule has 0 atom stereocenters. The second kappa shape index (κ2) is 14.1. The number of aryl methyl sites for hydroxylation is 1. The molecule has 0 aliphatic rings. The molecule has 6 N–H and O–H groups in total. The number of aliphatic carboxylic acids is 1. The second-order valence-corrected chi connectivity index (χ2v) is 12.2. The Balaban J connectivity index is 0.000000821. The van der Waals surface area contributed by atoms with Crippen molar-refractivity contribution in [2.45, 2.75) is 17.5 Å². The van der Waals surface area contributed by atoms with Crippen LogP contribution in [-0.2, 0) is 40.8 Å². The van der Waals surface area contributed by atoms with Crippen molar-refractivity contribution in [3.05, 3.63) is 83.9 Å². The number of carbonyl (C=O) groups excluding carboxylic acids is 1. The molecule has 0 saturated heterocycles. The monoisotopic (exact) mass is 644 g/mol. The van der Waals surface area contributed by atoms with Gasteiger partial charge in [-0.25, -0.2) is 26.8 Å². The van der Waals surface area contributed by atoms with Crippen molar-refractivity contribution in [3.63, 3.8) is 0 Å². The van der Waals surface area contributed by atoms with Crippen molar-refractivity contribution in [1.82, 2.24) is 0 Å². The number of halogens is 3. The summed E-state index contributed by atoms with van der Waals surface area (Å²) < 4.78 is 87.6. The van der Waals surface area contributed by atoms with E-state index in [2.05, 4.69) is 4.74 Å². The quantitative estimate of drug-likeness (QED) is 0.145. The summed E-state index contributed by atoms with van der Waals surface area (Å²) in [6.45, 7) is -0.538. The number of nitrogens with zero attached hydrogens (tertiary/aromatic N) is 1. The SMILES string of the molecule is COC(=O)CN(c1cccc(C(=N)N)c1)S(=O)(=O)CCc1ccc(-c2ccccc2S(N)(=O)=O)cc1.O=C(O)C(F)(F)F. The maximum Gasteiger partial charge on any atom is 0.490 e. The van der Waals surface area contributed by atoms with Gasteiger partial charge in [0.2, 0.25) is 20.0 Å². The van der Waals surface area contributed by atoms with Gasteiger partial charge in [-0.05, 0) is 35.7 Å². The van der Waals surface area contributed by atoms with Gasteiger partial charge in [-0.1, -0.05) is 54.6 Å². The predicted octanol–water partition coefficient (Wildman–Crippen LogP) is 2.47. The van der Waals surface area contributed by atoms with Crippen LogP contribution in [0.25, 0.3) is 11.1 Å². The molecule has 232 valence electrons. The number of methoxy groups -OCH3 is 1. The maximum absolute atomic E-state index is 13.2. The highest BCUT2D eigenvalue weighted by atomic mass is 32.2. The molecule has 0 aromatic heterocycles. The molecule has 0 radical (unpaired) electrons. The highest BCUT2D eigenvalue weighted by Gasteiger charge is 2.38. The van der Waals surface area contributed by atoms with Gasteiger partial charge >= 0.3 is 18.1 Å². The zero-order chi connectivity index (χ0) is 32.6. The Labute approximate surface area is 245 Å². The number of primary sulfonamides is 1. The van der Waals surface area contributed by atoms with E-state index in [0.717, 1.165) is 11.4 Å². The number of ether oxygens (including phenoxy) is 1. The first kappa shape index (κ1) is 34.7. The third-order valence-corrected chi connectivity index (χ3v) is 8.33. The lowest BCUT2D eigenvalue weighted by molar-refractivity contribution is -0.192. The minimum absolute atomic E-state index is 0.00780. The van der Waals surface area contributed by atoms with Crippen molar-refractivity contribution < 1.29 is 49.4 Å². The minimum atomic E-state index is -5.08. The smallest absolute Gasteiger partial charge is 0.475 e. The van der Waals surface area contributed by atoms with Crippen LogP contribution in [0.2, 0.25) is 0 Å². The minimum Gasteiger partial charge on any atom is -0.475 e. The standard InChI is InChI=1S/C24H26N4O6S2.C2HF3O2/c1-34-23(29)16-28(20-6-4-5-19(15-20)24(25)26)35(30,31)14-13-17-9-11-18(12-10-17)21-7-2-3-8-22(21)36(27,32)33;3-2(4,5)1(6)7/h2-12,15H,13-14,16H2,1H3,(H3,25,26)(H2,27,32,33);(H,6,7). The molecule has 0 unspecified atom stereocenters. The molecule has 0 bridgehead atoms. The van der Waals surface area contributed by atoms with Crippen LogP contribution in [-0.4, -0.2) is 65.3 Å². The van der Waals surface area contributed by atoms with Crippen molar-refractivity contribution in [2.24, 2.45) is 10.9 Å². The van der Waals surface area contributed by atoms with E-state index in [4.69, 9.17) is 26.2 Å². The molecule has 43 heavy (non-hydrogen) atoms. The Hall–Kier alpha value is -4.48. The number of benzene rings is 3. The number of rotatable bonds is 10. The Bertz CT molecular complexity index is 1700. The normalized spacial score (nSPS) is 11.6. The van der Waals surface area contributed by atoms with Crippen LogP contribution in [0.1, 0.15) is 11.1 Å². The molecular weight excluding hydrogens is 617 g/mol. The van der Waals surface area contributed by atoms with Crippen LogP contribution in [0.15, 0.2) is 77.7 Å². The highest BCUT2D eigenvalue weighted by molar-refractivity contribution is 7.92. The van der Waals surface area contributed by atoms with Crippen LogP contribution < -0.4 is 15.2 Å². The second-order valence-electron chi connectivity index (χ2n) is 8.65. The van der Waals surface area contributed by atoms with E-state index >= 15 is 0 Å². The fourth-order valence-corrected chi connectivity index (χ4v) is 5.73. The van der Waals surface area contributed by atoms with Crippen LogP contribution in [0.3, 0.4) is 0 Å². The number of carbonyl (C=O) groups is 2. The molecule has 0 saturated carbocycles. The summed E-state index contributed by atoms with van der Waals surface area (Å²) in [6.07, 6.45) is -4.95. The van der Waals surface area contributed by atoms with Gasteiger partial charge in [0, 0.05) is 11.1 Å². The average molecular weight is 645 g/mol. The van der Waals surface area contributed by atoms with Crippen molar-refractivity contribution >= 4 is 43.5 Å². The Kier molecular flexibility index (Phi) is 11.4. The predicted molar refractivity (Wildman–Crippen MR) is 151 cm³/mol. The number of hydrogen-bond donors (Lipinski definition) is 4. The third-order valence-electron chi connectivity index (χ3n) is 5.63. The molecule has 0 heterocycles. The van der Waals surface area contributed by atoms with Crippen LogP contribution in [0.4, 0.5) is 18.9 Å². The van der Waals surface area contributed by atoms with Crippen LogP contribution in [0.5, 0.6) is 0 Å². The molecule has 12 nitrogen and oxygen atoms in total. The van der Waals surface area contributed by atoms with Gasteiger partial charge in [-0.3, -0.25) is 14.5 Å². The number of hydrogen-bond acceptors (Lipinski definition) is 8. The van der Waals surface area contributed by atoms with E-state index in [-0.39, 0.29) is 28.6 Å². The molecule has 17 heteroatoms. The number of esters is 1. The Morgan fingerprint density at radius 2 is 1.56 bits per heavy atom. The lowest BCUT2D eigenvalue weighted by atomic mass is 10.0. The molecule has 0 aliphatic carbocycles. The molecule has 3 rings (SSSR count). The first-order valence-corrected chi connectivity index (χ1v) is 15.1. The largest absolute Gasteiger partial charge is 0.490 e. The number of carboxylic acids is 1. The van der Waals surface area contributed by atoms with Gasteiger partial charge in [0.25, 0.3) is 0 Å². The molecule has 3 aromatic carbocycles. The number of sulfonamides is 2. The number of nitrogens with one attached hydrogen (secondary N) is 1. The number of amidine groups is 1. The summed E-state index contributed by atoms with van der Waals surface area (Å²) >= 11 is 0. The average Bonchev–Trinajstić information content (AvgIpc) is 2.94. The van der Waals surface area contributed by atoms with Crippen LogP contribution in [0, 0.1) is 5.41 Å². The van der Waals surface area contributed by atoms with Crippen molar-refractivity contribution in [1.29, 1.82) is 5.41 Å². The summed E-state index contributed by atoms with van der Waals surface area (Å²) in [7, 11) is -6.74. The van der Waals surface area contributed by atoms with Gasteiger partial charge in [0.1, 0.15) is 12.4 Å². The topological polar surface area (TPSA) is 211 Å². The molecule has 0 amide bonds. The van der Waals surface area contributed by atoms with E-state index in [1.807, 2.05) is 0 Å². The first-order chi connectivity index (χ1) is 19.9. The third kappa shape index (κ3) is 10.1. The summed E-state index contributed by atoms with van der Waals surface area (Å²) in [6, 6.07) is 19.1. The van der Waals surface area contributed by atoms with E-state index in [1.165, 1.54) is 18.2 Å².